The summed E-state index contributed by atoms with van der Waals surface area (Å²) in [6.07, 6.45) is -1.33. The van der Waals surface area contributed by atoms with Gasteiger partial charge >= 0.3 is 11.9 Å². The summed E-state index contributed by atoms with van der Waals surface area (Å²) in [4.78, 5) is 34.0. The first-order valence-corrected chi connectivity index (χ1v) is 4.87. The van der Waals surface area contributed by atoms with Crippen molar-refractivity contribution in [3.63, 3.8) is 0 Å². The maximum absolute atomic E-state index is 11.6. The predicted molar refractivity (Wildman–Crippen MR) is 51.3 cm³/mol. The molecule has 0 aliphatic heterocycles. The zero-order valence-corrected chi connectivity index (χ0v) is 9.13. The fourth-order valence-corrected chi connectivity index (χ4v) is 1.79. The van der Waals surface area contributed by atoms with Crippen LogP contribution in [0.4, 0.5) is 0 Å². The number of esters is 2. The Morgan fingerprint density at radius 1 is 1.25 bits per heavy atom. The van der Waals surface area contributed by atoms with E-state index in [0.717, 1.165) is 0 Å². The third-order valence-corrected chi connectivity index (χ3v) is 2.74. The van der Waals surface area contributed by atoms with Crippen LogP contribution in [0.15, 0.2) is 0 Å². The van der Waals surface area contributed by atoms with Gasteiger partial charge in [0.15, 0.2) is 0 Å². The minimum atomic E-state index is -1.05. The molecule has 6 heteroatoms. The normalized spacial score (nSPS) is 29.7. The van der Waals surface area contributed by atoms with Crippen LogP contribution in [0, 0.1) is 11.8 Å². The molecule has 0 heterocycles. The molecule has 3 atom stereocenters. The number of aliphatic hydroxyl groups is 1. The number of hydrogen-bond donors (Lipinski definition) is 1. The fourth-order valence-electron chi connectivity index (χ4n) is 1.79. The number of aliphatic hydroxyl groups excluding tert-OH is 1. The number of ether oxygens (including phenoxy) is 2. The predicted octanol–water partition coefficient (Wildman–Crippen LogP) is -0.711. The van der Waals surface area contributed by atoms with E-state index in [9.17, 15) is 19.5 Å². The summed E-state index contributed by atoms with van der Waals surface area (Å²) >= 11 is 0. The largest absolute Gasteiger partial charge is 0.469 e. The van der Waals surface area contributed by atoms with Gasteiger partial charge in [0.05, 0.1) is 26.2 Å². The van der Waals surface area contributed by atoms with Gasteiger partial charge in [0.2, 0.25) is 0 Å². The van der Waals surface area contributed by atoms with Gasteiger partial charge in [-0.25, -0.2) is 0 Å². The van der Waals surface area contributed by atoms with Gasteiger partial charge in [0.25, 0.3) is 0 Å². The minimum absolute atomic E-state index is 0.0920. The van der Waals surface area contributed by atoms with Crippen molar-refractivity contribution in [2.45, 2.75) is 18.9 Å². The van der Waals surface area contributed by atoms with E-state index < -0.39 is 35.7 Å². The number of carbonyl (C=O) groups excluding carboxylic acids is 3. The fraction of sp³-hybridized carbons (Fsp3) is 0.700. The highest BCUT2D eigenvalue weighted by atomic mass is 16.5. The SMILES string of the molecule is COC(=O)C1CC(O)C(C(=O)OC)CC1=O. The number of ketones is 1. The highest BCUT2D eigenvalue weighted by molar-refractivity contribution is 6.01. The average Bonchev–Trinajstić information content (AvgIpc) is 2.29. The molecule has 6 nitrogen and oxygen atoms in total. The van der Waals surface area contributed by atoms with Gasteiger partial charge in [0.1, 0.15) is 11.7 Å². The van der Waals surface area contributed by atoms with Gasteiger partial charge in [-0.05, 0) is 6.42 Å². The summed E-state index contributed by atoms with van der Waals surface area (Å²) in [5.74, 6) is -3.55. The molecule has 0 aromatic carbocycles. The summed E-state index contributed by atoms with van der Waals surface area (Å²) in [6.45, 7) is 0. The van der Waals surface area contributed by atoms with Gasteiger partial charge in [0, 0.05) is 6.42 Å². The molecule has 0 saturated heterocycles. The second-order valence-corrected chi connectivity index (χ2v) is 3.68. The van der Waals surface area contributed by atoms with Crippen LogP contribution in [0.3, 0.4) is 0 Å². The van der Waals surface area contributed by atoms with Crippen molar-refractivity contribution in [2.75, 3.05) is 14.2 Å². The second-order valence-electron chi connectivity index (χ2n) is 3.68. The smallest absolute Gasteiger partial charge is 0.316 e. The second kappa shape index (κ2) is 5.07. The van der Waals surface area contributed by atoms with Crippen molar-refractivity contribution in [1.82, 2.24) is 0 Å². The maximum Gasteiger partial charge on any atom is 0.316 e. The van der Waals surface area contributed by atoms with Crippen LogP contribution in [0.2, 0.25) is 0 Å². The number of Topliss-reactive ketones (excluding diaryl/α,β-unsaturated/α-hetero) is 1. The van der Waals surface area contributed by atoms with E-state index in [-0.39, 0.29) is 12.8 Å². The molecule has 3 unspecified atom stereocenters. The lowest BCUT2D eigenvalue weighted by Crippen LogP contribution is -2.43. The van der Waals surface area contributed by atoms with E-state index in [4.69, 9.17) is 0 Å². The molecule has 90 valence electrons. The van der Waals surface area contributed by atoms with Crippen LogP contribution in [-0.4, -0.2) is 43.2 Å². The van der Waals surface area contributed by atoms with Crippen LogP contribution >= 0.6 is 0 Å². The van der Waals surface area contributed by atoms with Crippen molar-refractivity contribution < 1.29 is 29.0 Å². The minimum Gasteiger partial charge on any atom is -0.469 e. The quantitative estimate of drug-likeness (QED) is 0.497. The molecule has 1 aliphatic rings. The van der Waals surface area contributed by atoms with E-state index in [1.165, 1.54) is 14.2 Å². The van der Waals surface area contributed by atoms with Gasteiger partial charge in [-0.2, -0.15) is 0 Å². The van der Waals surface area contributed by atoms with Crippen molar-refractivity contribution >= 4 is 17.7 Å². The molecule has 0 aromatic heterocycles. The Morgan fingerprint density at radius 3 is 2.31 bits per heavy atom. The summed E-state index contributed by atoms with van der Waals surface area (Å²) < 4.78 is 8.91. The van der Waals surface area contributed by atoms with Crippen molar-refractivity contribution in [3.8, 4) is 0 Å². The molecule has 1 N–H and O–H groups in total. The standard InChI is InChI=1S/C10H14O6/c1-15-9(13)5-3-8(12)6(4-7(5)11)10(14)16-2/h5-7,11H,3-4H2,1-2H3. The molecular formula is C10H14O6. The van der Waals surface area contributed by atoms with Crippen LogP contribution < -0.4 is 0 Å². The first-order chi connectivity index (χ1) is 7.51. The third kappa shape index (κ3) is 2.38. The van der Waals surface area contributed by atoms with Crippen molar-refractivity contribution in [2.24, 2.45) is 11.8 Å². The Kier molecular flexibility index (Phi) is 4.00. The van der Waals surface area contributed by atoms with E-state index in [2.05, 4.69) is 9.47 Å². The zero-order chi connectivity index (χ0) is 12.3. The molecule has 0 aromatic rings. The Balaban J connectivity index is 2.74. The Bertz CT molecular complexity index is 310. The monoisotopic (exact) mass is 230 g/mol. The number of carbonyl (C=O) groups is 3. The lowest BCUT2D eigenvalue weighted by atomic mass is 9.79. The Hall–Kier alpha value is -1.43. The van der Waals surface area contributed by atoms with Crippen LogP contribution in [-0.2, 0) is 23.9 Å². The maximum atomic E-state index is 11.6. The molecule has 1 rings (SSSR count). The van der Waals surface area contributed by atoms with Gasteiger partial charge in [-0.1, -0.05) is 0 Å². The third-order valence-electron chi connectivity index (χ3n) is 2.74. The van der Waals surface area contributed by atoms with E-state index in [1.54, 1.807) is 0 Å². The Morgan fingerprint density at radius 2 is 1.81 bits per heavy atom. The summed E-state index contributed by atoms with van der Waals surface area (Å²) in [6, 6.07) is 0. The molecule has 1 saturated carbocycles. The first-order valence-electron chi connectivity index (χ1n) is 4.87. The molecule has 0 amide bonds. The van der Waals surface area contributed by atoms with Gasteiger partial charge < -0.3 is 14.6 Å². The highest BCUT2D eigenvalue weighted by Gasteiger charge is 2.42. The molecule has 16 heavy (non-hydrogen) atoms. The Labute approximate surface area is 92.5 Å². The van der Waals surface area contributed by atoms with E-state index >= 15 is 0 Å². The number of rotatable bonds is 2. The first kappa shape index (κ1) is 12.6. The summed E-state index contributed by atoms with van der Waals surface area (Å²) in [7, 11) is 2.36. The molecular weight excluding hydrogens is 216 g/mol. The molecule has 1 aliphatic carbocycles. The van der Waals surface area contributed by atoms with Crippen LogP contribution in [0.5, 0.6) is 0 Å². The number of methoxy groups -OCH3 is 2. The zero-order valence-electron chi connectivity index (χ0n) is 9.13. The average molecular weight is 230 g/mol. The lowest BCUT2D eigenvalue weighted by Gasteiger charge is -2.28. The topological polar surface area (TPSA) is 89.9 Å². The van der Waals surface area contributed by atoms with E-state index in [1.807, 2.05) is 0 Å². The molecule has 0 radical (unpaired) electrons. The highest BCUT2D eigenvalue weighted by Crippen LogP contribution is 2.28. The molecule has 0 spiro atoms. The lowest BCUT2D eigenvalue weighted by molar-refractivity contribution is -0.162. The van der Waals surface area contributed by atoms with Gasteiger partial charge in [-0.15, -0.1) is 0 Å². The van der Waals surface area contributed by atoms with Gasteiger partial charge in [-0.3, -0.25) is 14.4 Å². The molecule has 1 fully saturated rings. The number of hydrogen-bond acceptors (Lipinski definition) is 6. The summed E-state index contributed by atoms with van der Waals surface area (Å²) in [5, 5.41) is 9.64. The molecule has 0 bridgehead atoms. The summed E-state index contributed by atoms with van der Waals surface area (Å²) in [5.41, 5.74) is 0. The van der Waals surface area contributed by atoms with Crippen LogP contribution in [0.1, 0.15) is 12.8 Å². The van der Waals surface area contributed by atoms with Crippen LogP contribution in [0.25, 0.3) is 0 Å². The van der Waals surface area contributed by atoms with E-state index in [0.29, 0.717) is 0 Å². The van der Waals surface area contributed by atoms with Crippen molar-refractivity contribution in [1.29, 1.82) is 0 Å². The van der Waals surface area contributed by atoms with Crippen molar-refractivity contribution in [3.05, 3.63) is 0 Å².